The van der Waals surface area contributed by atoms with Gasteiger partial charge < -0.3 is 19.1 Å². The Morgan fingerprint density at radius 1 is 1.07 bits per heavy atom. The second-order valence-electron chi connectivity index (χ2n) is 7.68. The highest BCUT2D eigenvalue weighted by Crippen LogP contribution is 2.31. The molecule has 0 spiro atoms. The highest BCUT2D eigenvalue weighted by molar-refractivity contribution is 5.91. The number of fused-ring (bicyclic) bond motifs is 2. The number of nitrogens with one attached hydrogen (secondary N) is 1. The largest absolute Gasteiger partial charge is 0.464 e. The van der Waals surface area contributed by atoms with E-state index in [0.717, 1.165) is 53.5 Å². The Kier molecular flexibility index (Phi) is 4.74. The molecule has 0 atom stereocenters. The van der Waals surface area contributed by atoms with Gasteiger partial charge in [-0.15, -0.1) is 0 Å². The van der Waals surface area contributed by atoms with Crippen LogP contribution in [0.2, 0.25) is 0 Å². The summed E-state index contributed by atoms with van der Waals surface area (Å²) in [5, 5.41) is 14.6. The van der Waals surface area contributed by atoms with Crippen LogP contribution < -0.4 is 15.8 Å². The van der Waals surface area contributed by atoms with Crippen molar-refractivity contribution in [3.63, 3.8) is 0 Å². The van der Waals surface area contributed by atoms with Gasteiger partial charge in [0, 0.05) is 29.4 Å². The Bertz CT molecular complexity index is 1310. The van der Waals surface area contributed by atoms with Crippen molar-refractivity contribution in [3.05, 3.63) is 76.3 Å². The summed E-state index contributed by atoms with van der Waals surface area (Å²) in [6, 6.07) is 17.3. The minimum atomic E-state index is -0.383. The van der Waals surface area contributed by atoms with Gasteiger partial charge in [0.2, 0.25) is 0 Å². The molecule has 5 rings (SSSR count). The van der Waals surface area contributed by atoms with Crippen LogP contribution in [-0.2, 0) is 6.54 Å². The first-order valence-electron chi connectivity index (χ1n) is 10.1. The highest BCUT2D eigenvalue weighted by atomic mass is 16.4. The molecule has 150 valence electrons. The molecular formula is C24H21N3O3. The lowest BCUT2D eigenvalue weighted by atomic mass is 10.0. The predicted octanol–water partition coefficient (Wildman–Crippen LogP) is 4.17. The summed E-state index contributed by atoms with van der Waals surface area (Å²) in [6.45, 7) is 2.52. The van der Waals surface area contributed by atoms with Gasteiger partial charge in [-0.25, -0.2) is 4.79 Å². The van der Waals surface area contributed by atoms with Crippen molar-refractivity contribution in [2.24, 2.45) is 0 Å². The maximum absolute atomic E-state index is 12.4. The Morgan fingerprint density at radius 2 is 1.90 bits per heavy atom. The summed E-state index contributed by atoms with van der Waals surface area (Å²) in [7, 11) is 0. The molecule has 0 aliphatic carbocycles. The molecule has 4 aromatic rings. The van der Waals surface area contributed by atoms with E-state index in [9.17, 15) is 10.1 Å². The van der Waals surface area contributed by atoms with E-state index < -0.39 is 0 Å². The van der Waals surface area contributed by atoms with Crippen LogP contribution >= 0.6 is 0 Å². The number of nitriles is 1. The number of rotatable bonds is 4. The van der Waals surface area contributed by atoms with E-state index in [0.29, 0.717) is 17.7 Å². The third-order valence-electron chi connectivity index (χ3n) is 5.78. The summed E-state index contributed by atoms with van der Waals surface area (Å²) in [5.41, 5.74) is 3.48. The van der Waals surface area contributed by atoms with Gasteiger partial charge in [0.05, 0.1) is 23.6 Å². The molecule has 1 N–H and O–H groups in total. The molecule has 2 aromatic carbocycles. The minimum absolute atomic E-state index is 0.280. The number of hydrogen-bond donors (Lipinski definition) is 1. The number of nitrogens with zero attached hydrogens (tertiary/aromatic N) is 2. The Labute approximate surface area is 173 Å². The average molecular weight is 399 g/mol. The maximum atomic E-state index is 12.4. The van der Waals surface area contributed by atoms with E-state index in [-0.39, 0.29) is 11.7 Å². The van der Waals surface area contributed by atoms with Crippen molar-refractivity contribution in [1.82, 2.24) is 5.32 Å². The lowest BCUT2D eigenvalue weighted by Gasteiger charge is -2.37. The second kappa shape index (κ2) is 7.69. The van der Waals surface area contributed by atoms with Gasteiger partial charge in [-0.1, -0.05) is 6.07 Å². The molecule has 0 unspecified atom stereocenters. The number of piperidine rings is 1. The van der Waals surface area contributed by atoms with Crippen molar-refractivity contribution in [2.45, 2.75) is 25.4 Å². The molecule has 0 amide bonds. The Hall–Kier alpha value is -3.56. The zero-order valence-corrected chi connectivity index (χ0v) is 16.4. The smallest absolute Gasteiger partial charge is 0.338 e. The maximum Gasteiger partial charge on any atom is 0.338 e. The SMILES string of the molecule is N#Cc1ccc2oc(=O)cc(N(Cc3ccc4occc4c3)C3CCNCC3)c2c1. The van der Waals surface area contributed by atoms with Crippen LogP contribution in [-0.4, -0.2) is 19.1 Å². The molecular weight excluding hydrogens is 378 g/mol. The molecule has 1 fully saturated rings. The van der Waals surface area contributed by atoms with Gasteiger partial charge in [-0.2, -0.15) is 5.26 Å². The normalized spacial score (nSPS) is 14.8. The van der Waals surface area contributed by atoms with Crippen molar-refractivity contribution >= 4 is 27.6 Å². The van der Waals surface area contributed by atoms with E-state index in [1.54, 1.807) is 30.5 Å². The minimum Gasteiger partial charge on any atom is -0.464 e. The Balaban J connectivity index is 1.64. The summed E-state index contributed by atoms with van der Waals surface area (Å²) >= 11 is 0. The van der Waals surface area contributed by atoms with E-state index >= 15 is 0 Å². The lowest BCUT2D eigenvalue weighted by Crippen LogP contribution is -2.43. The molecule has 6 heteroatoms. The van der Waals surface area contributed by atoms with Crippen molar-refractivity contribution in [3.8, 4) is 6.07 Å². The second-order valence-corrected chi connectivity index (χ2v) is 7.68. The molecule has 1 saturated heterocycles. The summed E-state index contributed by atoms with van der Waals surface area (Å²) < 4.78 is 10.9. The van der Waals surface area contributed by atoms with Crippen LogP contribution in [0.4, 0.5) is 5.69 Å². The number of anilines is 1. The quantitative estimate of drug-likeness (QED) is 0.519. The van der Waals surface area contributed by atoms with Crippen LogP contribution in [0.3, 0.4) is 0 Å². The average Bonchev–Trinajstić information content (AvgIpc) is 3.25. The zero-order chi connectivity index (χ0) is 20.5. The topological polar surface area (TPSA) is 82.4 Å². The van der Waals surface area contributed by atoms with Crippen molar-refractivity contribution in [2.75, 3.05) is 18.0 Å². The first-order valence-corrected chi connectivity index (χ1v) is 10.1. The fraction of sp³-hybridized carbons (Fsp3) is 0.250. The monoisotopic (exact) mass is 399 g/mol. The standard InChI is InChI=1S/C24H21N3O3/c25-14-16-1-4-23-20(12-16)21(13-24(28)30-23)27(19-5-8-26-9-6-19)15-17-2-3-22-18(11-17)7-10-29-22/h1-4,7,10-13,19,26H,5-6,8-9,15H2. The molecule has 0 saturated carbocycles. The van der Waals surface area contributed by atoms with E-state index in [2.05, 4.69) is 28.4 Å². The molecule has 1 aliphatic heterocycles. The number of benzene rings is 2. The molecule has 2 aromatic heterocycles. The van der Waals surface area contributed by atoms with E-state index in [1.165, 1.54) is 0 Å². The van der Waals surface area contributed by atoms with Crippen LogP contribution in [0.15, 0.2) is 68.4 Å². The van der Waals surface area contributed by atoms with Crippen LogP contribution in [0, 0.1) is 11.3 Å². The fourth-order valence-electron chi connectivity index (χ4n) is 4.29. The predicted molar refractivity (Wildman–Crippen MR) is 115 cm³/mol. The zero-order valence-electron chi connectivity index (χ0n) is 16.4. The van der Waals surface area contributed by atoms with E-state index in [1.807, 2.05) is 12.1 Å². The highest BCUT2D eigenvalue weighted by Gasteiger charge is 2.24. The fourth-order valence-corrected chi connectivity index (χ4v) is 4.29. The molecule has 3 heterocycles. The van der Waals surface area contributed by atoms with Gasteiger partial charge in [0.25, 0.3) is 0 Å². The molecule has 30 heavy (non-hydrogen) atoms. The van der Waals surface area contributed by atoms with Gasteiger partial charge in [0.1, 0.15) is 11.2 Å². The first kappa shape index (κ1) is 18.5. The first-order chi connectivity index (χ1) is 14.7. The summed E-state index contributed by atoms with van der Waals surface area (Å²) in [4.78, 5) is 14.6. The Morgan fingerprint density at radius 3 is 2.73 bits per heavy atom. The summed E-state index contributed by atoms with van der Waals surface area (Å²) in [6.07, 6.45) is 3.65. The molecule has 0 bridgehead atoms. The van der Waals surface area contributed by atoms with Gasteiger partial charge in [-0.3, -0.25) is 0 Å². The van der Waals surface area contributed by atoms with Gasteiger partial charge in [0.15, 0.2) is 0 Å². The molecule has 6 nitrogen and oxygen atoms in total. The number of hydrogen-bond acceptors (Lipinski definition) is 6. The van der Waals surface area contributed by atoms with Crippen LogP contribution in [0.5, 0.6) is 0 Å². The molecule has 0 radical (unpaired) electrons. The van der Waals surface area contributed by atoms with E-state index in [4.69, 9.17) is 8.83 Å². The summed E-state index contributed by atoms with van der Waals surface area (Å²) in [5.74, 6) is 0. The lowest BCUT2D eigenvalue weighted by molar-refractivity contribution is 0.428. The van der Waals surface area contributed by atoms with Crippen molar-refractivity contribution in [1.29, 1.82) is 5.26 Å². The van der Waals surface area contributed by atoms with Crippen LogP contribution in [0.25, 0.3) is 21.9 Å². The number of furan rings is 1. The third-order valence-corrected chi connectivity index (χ3v) is 5.78. The van der Waals surface area contributed by atoms with Gasteiger partial charge >= 0.3 is 5.63 Å². The van der Waals surface area contributed by atoms with Crippen LogP contribution in [0.1, 0.15) is 24.0 Å². The van der Waals surface area contributed by atoms with Crippen molar-refractivity contribution < 1.29 is 8.83 Å². The van der Waals surface area contributed by atoms with Gasteiger partial charge in [-0.05, 0) is 67.9 Å². The molecule has 1 aliphatic rings. The third kappa shape index (κ3) is 3.44.